The van der Waals surface area contributed by atoms with Gasteiger partial charge in [0.15, 0.2) is 0 Å². The highest BCUT2D eigenvalue weighted by Crippen LogP contribution is 2.68. The highest BCUT2D eigenvalue weighted by molar-refractivity contribution is 6.84. The maximum Gasteiger partial charge on any atom is 0.460 e. The molecule has 0 aliphatic rings. The highest BCUT2D eigenvalue weighted by Gasteiger charge is 2.97. The van der Waals surface area contributed by atoms with E-state index >= 15 is 87.8 Å². The SMILES string of the molecule is Cc1cccc2c(C#Cc3cc(-c4cc5cc(C#C[Si](C)(C)C)c6cccc(C)c6c5c5c(C)cccc45)cc(C(F)(F)C(F)(F)C(F)(F)C(F)(F)C(F)(F)C(F)(F)C(F)(F)C(F)(F)F)c3)cc3cc(C#Cc4cc(-c5cc6cc(C#C[Si](C)(C)C)c7cccc(C)c7c6c6c(C)cccc56)cc(C(F)(F)C(F)(F)C(F)(F)C(F)(F)C(F)(F)C(F)(F)C(F)(F)C(F)(F)F)c4)c4cccc(C)c4c3c12. The smallest absolute Gasteiger partial charge is 0.194 e. The zero-order valence-corrected chi connectivity index (χ0v) is 75.2. The number of hydrogen-bond acceptors (Lipinski definition) is 0. The van der Waals surface area contributed by atoms with Gasteiger partial charge >= 0.3 is 95.3 Å². The van der Waals surface area contributed by atoms with Crippen molar-refractivity contribution in [2.45, 2.75) is 176 Å². The Balaban J connectivity index is 1.02. The number of aryl methyl sites for hydroxylation is 6. The number of fused-ring (bicyclic) bond motifs is 15. The van der Waals surface area contributed by atoms with Gasteiger partial charge in [-0.15, -0.1) is 11.1 Å². The molecule has 0 saturated carbocycles. The van der Waals surface area contributed by atoms with E-state index < -0.39 is 145 Å². The number of alkyl halides is 34. The standard InChI is InChI=1S/C102H66F34Si2/c1-51-19-13-25-70-59(33-31-57-39-63(47-68(41-57)87(103,104)89(107,108)91(111,112)93(115,116)95(119,120)97(123,124)99(127,128)101(131,132)133)76-49-66-45-61(35-37-137(7,8)9)72-27-15-21-53(3)80(72)85(66)82-55(5)23-17-29-74(76)82)43-65-44-60(71-26-14-20-52(2)79(71)84(65)78(51)70)34-32-58-40-64(48-69(42-58)88(105,106)90(109,110)92(113,114)94(117,118)96(121,122)98(125,126)100(129,130)102(134,135)136)77-50-67-46-62(36-38-138(10,11)12)73-28-16-22-54(4)81(73)86(67)83-56(6)24-18-30-75(77)83/h13-30,39-50H,1-12H3. The van der Waals surface area contributed by atoms with Gasteiger partial charge in [-0.25, -0.2) is 0 Å². The third kappa shape index (κ3) is 15.4. The van der Waals surface area contributed by atoms with Crippen molar-refractivity contribution in [2.24, 2.45) is 0 Å². The molecule has 0 aromatic heterocycles. The summed E-state index contributed by atoms with van der Waals surface area (Å²) in [6, 6.07) is 36.4. The molecule has 0 nitrogen and oxygen atoms in total. The van der Waals surface area contributed by atoms with Gasteiger partial charge in [0.05, 0.1) is 0 Å². The Morgan fingerprint density at radius 3 is 0.652 bits per heavy atom. The monoisotopic (exact) mass is 1990 g/mol. The number of benzene rings is 14. The van der Waals surface area contributed by atoms with Crippen LogP contribution in [0.5, 0.6) is 0 Å². The first-order valence-electron chi connectivity index (χ1n) is 41.1. The lowest BCUT2D eigenvalue weighted by molar-refractivity contribution is -0.462. The Morgan fingerprint density at radius 2 is 0.413 bits per heavy atom. The Labute approximate surface area is 763 Å². The van der Waals surface area contributed by atoms with Gasteiger partial charge in [0.2, 0.25) is 0 Å². The summed E-state index contributed by atoms with van der Waals surface area (Å²) in [7, 11) is -4.59. The summed E-state index contributed by atoms with van der Waals surface area (Å²) in [5.74, 6) is -103. The first-order valence-corrected chi connectivity index (χ1v) is 48.1. The quantitative estimate of drug-likeness (QED) is 0.0391. The molecule has 0 amide bonds. The molecule has 0 atom stereocenters. The van der Waals surface area contributed by atoms with Gasteiger partial charge in [0, 0.05) is 44.5 Å². The van der Waals surface area contributed by atoms with Crippen molar-refractivity contribution >= 4 is 113 Å². The van der Waals surface area contributed by atoms with E-state index in [1.165, 1.54) is 111 Å². The average molecular weight is 1990 g/mol. The zero-order valence-electron chi connectivity index (χ0n) is 73.2. The molecule has 0 N–H and O–H groups in total. The predicted molar refractivity (Wildman–Crippen MR) is 468 cm³/mol. The van der Waals surface area contributed by atoms with Gasteiger partial charge in [-0.1, -0.05) is 184 Å². The second kappa shape index (κ2) is 32.7. The molecule has 14 aromatic rings. The predicted octanol–water partition coefficient (Wildman–Crippen LogP) is 33.4. The molecule has 0 heterocycles. The molecule has 0 unspecified atom stereocenters. The number of halogens is 34. The maximum absolute atomic E-state index is 17.4. The lowest BCUT2D eigenvalue weighted by Gasteiger charge is -2.42. The largest absolute Gasteiger partial charge is 0.460 e. The van der Waals surface area contributed by atoms with Gasteiger partial charge in [-0.3, -0.25) is 0 Å². The van der Waals surface area contributed by atoms with Crippen molar-refractivity contribution in [1.29, 1.82) is 0 Å². The van der Waals surface area contributed by atoms with Gasteiger partial charge in [0.25, 0.3) is 0 Å². The summed E-state index contributed by atoms with van der Waals surface area (Å²) in [6.07, 6.45) is -16.1. The molecule has 0 aliphatic carbocycles. The first kappa shape index (κ1) is 102. The van der Waals surface area contributed by atoms with Crippen LogP contribution in [-0.2, 0) is 11.8 Å². The Hall–Kier alpha value is -12.3. The second-order valence-corrected chi connectivity index (χ2v) is 45.5. The molecular formula is C102H66F34Si2. The van der Waals surface area contributed by atoms with Crippen molar-refractivity contribution in [2.75, 3.05) is 0 Å². The van der Waals surface area contributed by atoms with E-state index in [0.29, 0.717) is 76.8 Å². The van der Waals surface area contributed by atoms with Crippen molar-refractivity contribution in [3.8, 4) is 68.9 Å². The molecule has 14 aromatic carbocycles. The summed E-state index contributed by atoms with van der Waals surface area (Å²) >= 11 is 0. The van der Waals surface area contributed by atoms with Crippen molar-refractivity contribution in [3.63, 3.8) is 0 Å². The minimum absolute atomic E-state index is 0.0141. The van der Waals surface area contributed by atoms with E-state index in [-0.39, 0.29) is 111 Å². The summed E-state index contributed by atoms with van der Waals surface area (Å²) in [4.78, 5) is 0. The normalized spacial score (nSPS) is 13.9. The van der Waals surface area contributed by atoms with Gasteiger partial charge < -0.3 is 0 Å². The van der Waals surface area contributed by atoms with Crippen LogP contribution in [0.15, 0.2) is 182 Å². The Morgan fingerprint density at radius 1 is 0.203 bits per heavy atom. The van der Waals surface area contributed by atoms with Crippen LogP contribution in [0.3, 0.4) is 0 Å². The van der Waals surface area contributed by atoms with Crippen LogP contribution in [-0.4, -0.2) is 99.6 Å². The van der Waals surface area contributed by atoms with Gasteiger partial charge in [0.1, 0.15) is 16.1 Å². The Bertz CT molecular complexity index is 7310. The maximum atomic E-state index is 17.4. The third-order valence-corrected chi connectivity index (χ3v) is 25.8. The highest BCUT2D eigenvalue weighted by atomic mass is 28.3. The molecule has 0 spiro atoms. The van der Waals surface area contributed by atoms with Crippen LogP contribution < -0.4 is 0 Å². The van der Waals surface area contributed by atoms with E-state index in [1.54, 1.807) is 76.2 Å². The number of hydrogen-bond donors (Lipinski definition) is 0. The van der Waals surface area contributed by atoms with E-state index in [2.05, 4.69) is 46.6 Å². The van der Waals surface area contributed by atoms with E-state index in [0.717, 1.165) is 12.1 Å². The van der Waals surface area contributed by atoms with Crippen LogP contribution in [0.1, 0.15) is 77.9 Å². The summed E-state index contributed by atoms with van der Waals surface area (Å²) in [5, 5.41) is 4.40. The molecular weight excluding hydrogens is 1930 g/mol. The van der Waals surface area contributed by atoms with Crippen molar-refractivity contribution in [1.82, 2.24) is 0 Å². The molecule has 0 bridgehead atoms. The average Bonchev–Trinajstić information content (AvgIpc) is 0.693. The summed E-state index contributed by atoms with van der Waals surface area (Å²) in [5.41, 5.74) is -0.665. The van der Waals surface area contributed by atoms with Crippen LogP contribution >= 0.6 is 0 Å². The molecule has 720 valence electrons. The van der Waals surface area contributed by atoms with Gasteiger partial charge in [-0.05, 0) is 267 Å². The van der Waals surface area contributed by atoms with Crippen LogP contribution in [0.25, 0.3) is 119 Å². The fourth-order valence-corrected chi connectivity index (χ4v) is 18.0. The molecule has 0 radical (unpaired) electrons. The van der Waals surface area contributed by atoms with Crippen LogP contribution in [0, 0.1) is 88.2 Å². The first-order chi connectivity index (χ1) is 63.1. The van der Waals surface area contributed by atoms with Gasteiger partial charge in [-0.2, -0.15) is 149 Å². The molecule has 138 heavy (non-hydrogen) atoms. The molecule has 0 fully saturated rings. The fraction of sp³-hybridized carbons (Fsp3) is 0.275. The van der Waals surface area contributed by atoms with Crippen molar-refractivity contribution in [3.05, 3.63) is 260 Å². The minimum atomic E-state index is -9.00. The minimum Gasteiger partial charge on any atom is -0.194 e. The fourth-order valence-electron chi connectivity index (χ4n) is 17.0. The molecule has 14 rings (SSSR count). The zero-order chi connectivity index (χ0) is 103. The van der Waals surface area contributed by atoms with Crippen LogP contribution in [0.2, 0.25) is 39.3 Å². The summed E-state index contributed by atoms with van der Waals surface area (Å²) in [6.45, 7) is 20.9. The Kier molecular flexibility index (Phi) is 24.1. The second-order valence-electron chi connectivity index (χ2n) is 36.0. The lowest BCUT2D eigenvalue weighted by Crippen LogP contribution is -2.74. The van der Waals surface area contributed by atoms with Crippen molar-refractivity contribution < 1.29 is 149 Å². The third-order valence-electron chi connectivity index (χ3n) is 24.0. The van der Waals surface area contributed by atoms with Crippen LogP contribution in [0.4, 0.5) is 149 Å². The molecule has 36 heteroatoms. The topological polar surface area (TPSA) is 0 Å². The number of rotatable bonds is 16. The molecule has 0 aliphatic heterocycles. The molecule has 0 saturated heterocycles. The lowest BCUT2D eigenvalue weighted by atomic mass is 9.84. The van der Waals surface area contributed by atoms with E-state index in [4.69, 9.17) is 0 Å². The van der Waals surface area contributed by atoms with E-state index in [1.807, 2.05) is 39.3 Å². The summed E-state index contributed by atoms with van der Waals surface area (Å²) < 4.78 is 520. The van der Waals surface area contributed by atoms with E-state index in [9.17, 15) is 61.5 Å².